The maximum absolute atomic E-state index is 12.8. The second-order valence-corrected chi connectivity index (χ2v) is 9.84. The zero-order valence-corrected chi connectivity index (χ0v) is 19.2. The van der Waals surface area contributed by atoms with Crippen molar-refractivity contribution < 1.29 is 13.2 Å². The van der Waals surface area contributed by atoms with Crippen molar-refractivity contribution in [3.8, 4) is 0 Å². The number of amides is 1. The zero-order chi connectivity index (χ0) is 23.6. The van der Waals surface area contributed by atoms with Gasteiger partial charge in [-0.3, -0.25) is 9.59 Å². The Morgan fingerprint density at radius 3 is 2.45 bits per heavy atom. The van der Waals surface area contributed by atoms with Crippen LogP contribution >= 0.6 is 0 Å². The molecule has 0 atom stereocenters. The molecule has 2 aromatic carbocycles. The van der Waals surface area contributed by atoms with E-state index in [0.717, 1.165) is 16.6 Å². The summed E-state index contributed by atoms with van der Waals surface area (Å²) in [6, 6.07) is 13.9. The van der Waals surface area contributed by atoms with Crippen molar-refractivity contribution in [3.63, 3.8) is 0 Å². The number of aromatic nitrogens is 2. The first kappa shape index (κ1) is 22.9. The minimum atomic E-state index is -3.71. The third kappa shape index (κ3) is 5.07. The van der Waals surface area contributed by atoms with E-state index >= 15 is 0 Å². The number of hydrogen-bond acceptors (Lipinski definition) is 6. The van der Waals surface area contributed by atoms with Crippen LogP contribution in [0.4, 0.5) is 5.82 Å². The first-order valence-corrected chi connectivity index (χ1v) is 12.4. The van der Waals surface area contributed by atoms with Crippen molar-refractivity contribution >= 4 is 32.8 Å². The van der Waals surface area contributed by atoms with Crippen LogP contribution in [-0.2, 0) is 28.3 Å². The van der Waals surface area contributed by atoms with Gasteiger partial charge < -0.3 is 14.8 Å². The molecule has 4 rings (SSSR count). The van der Waals surface area contributed by atoms with Gasteiger partial charge in [-0.1, -0.05) is 24.3 Å². The van der Waals surface area contributed by atoms with Crippen LogP contribution in [0.1, 0.15) is 18.4 Å². The van der Waals surface area contributed by atoms with Crippen LogP contribution in [0.3, 0.4) is 0 Å². The van der Waals surface area contributed by atoms with Crippen molar-refractivity contribution in [1.29, 1.82) is 0 Å². The quantitative estimate of drug-likeness (QED) is 0.558. The topological polar surface area (TPSA) is 127 Å². The van der Waals surface area contributed by atoms with E-state index in [0.29, 0.717) is 44.7 Å². The van der Waals surface area contributed by atoms with E-state index in [-0.39, 0.29) is 22.3 Å². The second kappa shape index (κ2) is 9.32. The molecule has 1 aliphatic heterocycles. The number of piperidine rings is 1. The van der Waals surface area contributed by atoms with Crippen molar-refractivity contribution in [2.45, 2.75) is 24.2 Å². The van der Waals surface area contributed by atoms with Gasteiger partial charge in [-0.15, -0.1) is 0 Å². The van der Waals surface area contributed by atoms with Gasteiger partial charge in [-0.25, -0.2) is 18.5 Å². The van der Waals surface area contributed by atoms with E-state index in [1.807, 2.05) is 29.2 Å². The number of primary sulfonamides is 1. The highest BCUT2D eigenvalue weighted by atomic mass is 32.2. The van der Waals surface area contributed by atoms with Gasteiger partial charge in [0.25, 0.3) is 5.56 Å². The van der Waals surface area contributed by atoms with Crippen LogP contribution in [0, 0.1) is 5.92 Å². The van der Waals surface area contributed by atoms with Crippen molar-refractivity contribution in [3.05, 3.63) is 64.4 Å². The van der Waals surface area contributed by atoms with Gasteiger partial charge in [0, 0.05) is 32.6 Å². The minimum Gasteiger partial charge on any atom is -0.356 e. The van der Waals surface area contributed by atoms with E-state index in [4.69, 9.17) is 5.14 Å². The fourth-order valence-electron chi connectivity index (χ4n) is 4.14. The smallest absolute Gasteiger partial charge is 0.293 e. The Labute approximate surface area is 192 Å². The lowest BCUT2D eigenvalue weighted by Crippen LogP contribution is -2.43. The lowest BCUT2D eigenvalue weighted by molar-refractivity contribution is -0.125. The molecule has 0 saturated carbocycles. The number of anilines is 1. The molecule has 33 heavy (non-hydrogen) atoms. The Hall–Kier alpha value is -3.24. The van der Waals surface area contributed by atoms with E-state index in [1.165, 1.54) is 12.1 Å². The summed E-state index contributed by atoms with van der Waals surface area (Å²) in [5.74, 6) is 0.309. The molecule has 3 aromatic rings. The first-order valence-electron chi connectivity index (χ1n) is 10.8. The fraction of sp³-hybridized carbons (Fsp3) is 0.348. The highest BCUT2D eigenvalue weighted by molar-refractivity contribution is 7.89. The molecule has 9 nitrogen and oxygen atoms in total. The molecular weight excluding hydrogens is 442 g/mol. The van der Waals surface area contributed by atoms with E-state index in [9.17, 15) is 18.0 Å². The number of nitrogens with zero attached hydrogens (tertiary/aromatic N) is 3. The SMILES string of the molecule is Cn1c(=O)c(N2CCC(C(=O)NCCc3ccc(S(N)(=O)=O)cc3)CC2)nc2ccccc21. The van der Waals surface area contributed by atoms with Crippen LogP contribution in [-0.4, -0.2) is 43.5 Å². The third-order valence-electron chi connectivity index (χ3n) is 6.10. The number of para-hydroxylation sites is 2. The number of nitrogens with one attached hydrogen (secondary N) is 1. The molecule has 1 saturated heterocycles. The maximum Gasteiger partial charge on any atom is 0.293 e. The third-order valence-corrected chi connectivity index (χ3v) is 7.02. The number of nitrogens with two attached hydrogens (primary N) is 1. The van der Waals surface area contributed by atoms with Crippen LogP contribution in [0.15, 0.2) is 58.2 Å². The molecule has 3 N–H and O–H groups in total. The number of carbonyl (C=O) groups excluding carboxylic acids is 1. The fourth-order valence-corrected chi connectivity index (χ4v) is 4.66. The van der Waals surface area contributed by atoms with Gasteiger partial charge in [0.15, 0.2) is 5.82 Å². The van der Waals surface area contributed by atoms with E-state index in [2.05, 4.69) is 10.3 Å². The van der Waals surface area contributed by atoms with Gasteiger partial charge in [-0.05, 0) is 49.1 Å². The zero-order valence-electron chi connectivity index (χ0n) is 18.4. The first-order chi connectivity index (χ1) is 15.7. The van der Waals surface area contributed by atoms with Gasteiger partial charge in [0.1, 0.15) is 0 Å². The Balaban J connectivity index is 1.31. The molecule has 1 fully saturated rings. The van der Waals surface area contributed by atoms with Crippen molar-refractivity contribution in [2.75, 3.05) is 24.5 Å². The molecule has 0 aliphatic carbocycles. The Morgan fingerprint density at radius 1 is 1.12 bits per heavy atom. The number of hydrogen-bond donors (Lipinski definition) is 2. The Kier molecular flexibility index (Phi) is 6.48. The van der Waals surface area contributed by atoms with Crippen molar-refractivity contribution in [1.82, 2.24) is 14.9 Å². The van der Waals surface area contributed by atoms with E-state index in [1.54, 1.807) is 23.7 Å². The molecule has 0 unspecified atom stereocenters. The molecule has 0 spiro atoms. The summed E-state index contributed by atoms with van der Waals surface area (Å²) in [6.45, 7) is 1.64. The van der Waals surface area contributed by atoms with E-state index < -0.39 is 10.0 Å². The number of fused-ring (bicyclic) bond motifs is 1. The van der Waals surface area contributed by atoms with Gasteiger partial charge in [0.05, 0.1) is 15.9 Å². The number of rotatable bonds is 6. The summed E-state index contributed by atoms with van der Waals surface area (Å²) in [5, 5.41) is 8.07. The monoisotopic (exact) mass is 469 g/mol. The predicted molar refractivity (Wildman–Crippen MR) is 126 cm³/mol. The molecule has 10 heteroatoms. The lowest BCUT2D eigenvalue weighted by Gasteiger charge is -2.32. The summed E-state index contributed by atoms with van der Waals surface area (Å²) in [5.41, 5.74) is 2.34. The summed E-state index contributed by atoms with van der Waals surface area (Å²) in [7, 11) is -1.96. The molecule has 174 valence electrons. The molecule has 1 aromatic heterocycles. The molecular formula is C23H27N5O4S. The molecule has 0 radical (unpaired) electrons. The molecule has 2 heterocycles. The largest absolute Gasteiger partial charge is 0.356 e. The number of carbonyl (C=O) groups is 1. The Morgan fingerprint density at radius 2 is 1.79 bits per heavy atom. The van der Waals surface area contributed by atoms with Crippen LogP contribution in [0.25, 0.3) is 11.0 Å². The standard InChI is InChI=1S/C23H27N5O4S/c1-27-20-5-3-2-4-19(20)26-21(23(27)30)28-14-11-17(12-15-28)22(29)25-13-10-16-6-8-18(9-7-16)33(24,31)32/h2-9,17H,10-15H2,1H3,(H,25,29)(H2,24,31,32). The van der Waals surface area contributed by atoms with Crippen LogP contribution < -0.4 is 20.9 Å². The number of aryl methyl sites for hydroxylation is 1. The summed E-state index contributed by atoms with van der Waals surface area (Å²) >= 11 is 0. The Bertz CT molecular complexity index is 1330. The number of sulfonamides is 1. The molecule has 1 amide bonds. The van der Waals surface area contributed by atoms with Gasteiger partial charge in [-0.2, -0.15) is 0 Å². The van der Waals surface area contributed by atoms with Crippen molar-refractivity contribution in [2.24, 2.45) is 18.1 Å². The average Bonchev–Trinajstić information content (AvgIpc) is 2.81. The molecule has 0 bridgehead atoms. The minimum absolute atomic E-state index is 0.00446. The summed E-state index contributed by atoms with van der Waals surface area (Å²) in [6.07, 6.45) is 1.88. The highest BCUT2D eigenvalue weighted by Gasteiger charge is 2.27. The van der Waals surface area contributed by atoms with Crippen LogP contribution in [0.2, 0.25) is 0 Å². The summed E-state index contributed by atoms with van der Waals surface area (Å²) < 4.78 is 24.3. The predicted octanol–water partition coefficient (Wildman–Crippen LogP) is 1.16. The second-order valence-electron chi connectivity index (χ2n) is 8.28. The van der Waals surface area contributed by atoms with Crippen LogP contribution in [0.5, 0.6) is 0 Å². The molecule has 1 aliphatic rings. The van der Waals surface area contributed by atoms with Gasteiger partial charge in [0.2, 0.25) is 15.9 Å². The maximum atomic E-state index is 12.8. The lowest BCUT2D eigenvalue weighted by atomic mass is 9.96. The normalized spacial score (nSPS) is 15.0. The average molecular weight is 470 g/mol. The highest BCUT2D eigenvalue weighted by Crippen LogP contribution is 2.22. The van der Waals surface area contributed by atoms with Gasteiger partial charge >= 0.3 is 0 Å². The number of benzene rings is 2. The summed E-state index contributed by atoms with van der Waals surface area (Å²) in [4.78, 5) is 32.0.